The summed E-state index contributed by atoms with van der Waals surface area (Å²) in [5.74, 6) is -0.115. The van der Waals surface area contributed by atoms with E-state index < -0.39 is 6.36 Å². The van der Waals surface area contributed by atoms with Crippen LogP contribution in [0.25, 0.3) is 11.1 Å². The quantitative estimate of drug-likeness (QED) is 0.942. The normalized spacial score (nSPS) is 11.3. The number of hydrogen-bond acceptors (Lipinski definition) is 4. The Morgan fingerprint density at radius 3 is 2.57 bits per heavy atom. The Balaban J connectivity index is 2.47. The van der Waals surface area contributed by atoms with E-state index in [0.29, 0.717) is 11.1 Å². The molecule has 21 heavy (non-hydrogen) atoms. The second-order valence-electron chi connectivity index (χ2n) is 4.09. The maximum absolute atomic E-state index is 12.4. The predicted molar refractivity (Wildman–Crippen MR) is 68.8 cm³/mol. The molecular weight excluding hydrogens is 287 g/mol. The van der Waals surface area contributed by atoms with Gasteiger partial charge in [-0.2, -0.15) is 0 Å². The Kier molecular flexibility index (Phi) is 4.32. The first-order valence-corrected chi connectivity index (χ1v) is 5.93. The number of ether oxygens (including phenoxy) is 2. The fourth-order valence-electron chi connectivity index (χ4n) is 1.86. The fourth-order valence-corrected chi connectivity index (χ4v) is 1.86. The van der Waals surface area contributed by atoms with Crippen LogP contribution in [0.5, 0.6) is 11.6 Å². The molecule has 0 bridgehead atoms. The number of rotatable bonds is 4. The van der Waals surface area contributed by atoms with Crippen molar-refractivity contribution in [1.82, 2.24) is 4.98 Å². The molecule has 4 nitrogen and oxygen atoms in total. The molecular formula is C14H12F3NO3. The Hall–Kier alpha value is -2.28. The number of methoxy groups -OCH3 is 1. The predicted octanol–water partition coefficient (Wildman–Crippen LogP) is 3.15. The summed E-state index contributed by atoms with van der Waals surface area (Å²) < 4.78 is 46.2. The summed E-state index contributed by atoms with van der Waals surface area (Å²) in [5, 5.41) is 9.25. The number of nitrogens with zero attached hydrogens (tertiary/aromatic N) is 1. The fraction of sp³-hybridized carbons (Fsp3) is 0.214. The van der Waals surface area contributed by atoms with Crippen LogP contribution >= 0.6 is 0 Å². The smallest absolute Gasteiger partial charge is 0.481 e. The minimum Gasteiger partial charge on any atom is -0.481 e. The van der Waals surface area contributed by atoms with Gasteiger partial charge in [-0.05, 0) is 12.1 Å². The van der Waals surface area contributed by atoms with Gasteiger partial charge in [0.15, 0.2) is 0 Å². The van der Waals surface area contributed by atoms with E-state index in [4.69, 9.17) is 4.74 Å². The first-order valence-electron chi connectivity index (χ1n) is 5.93. The molecule has 0 aliphatic rings. The number of aliphatic hydroxyl groups is 1. The summed E-state index contributed by atoms with van der Waals surface area (Å²) in [6, 6.07) is 7.22. The van der Waals surface area contributed by atoms with E-state index in [2.05, 4.69) is 9.72 Å². The van der Waals surface area contributed by atoms with Gasteiger partial charge in [-0.15, -0.1) is 13.2 Å². The monoisotopic (exact) mass is 299 g/mol. The largest absolute Gasteiger partial charge is 0.573 e. The van der Waals surface area contributed by atoms with Crippen LogP contribution in [0.2, 0.25) is 0 Å². The van der Waals surface area contributed by atoms with Crippen LogP contribution in [0, 0.1) is 0 Å². The number of hydrogen-bond donors (Lipinski definition) is 1. The van der Waals surface area contributed by atoms with E-state index in [0.717, 1.165) is 0 Å². The molecule has 0 spiro atoms. The van der Waals surface area contributed by atoms with Gasteiger partial charge in [-0.1, -0.05) is 18.2 Å². The molecule has 0 aliphatic heterocycles. The van der Waals surface area contributed by atoms with Crippen LogP contribution in [0.3, 0.4) is 0 Å². The van der Waals surface area contributed by atoms with Crippen molar-refractivity contribution in [2.24, 2.45) is 0 Å². The average Bonchev–Trinajstić information content (AvgIpc) is 2.45. The Morgan fingerprint density at radius 1 is 1.24 bits per heavy atom. The number of halogens is 3. The molecule has 0 saturated carbocycles. The van der Waals surface area contributed by atoms with E-state index in [9.17, 15) is 18.3 Å². The van der Waals surface area contributed by atoms with E-state index in [1.807, 2.05) is 0 Å². The van der Waals surface area contributed by atoms with Crippen LogP contribution in [0.15, 0.2) is 36.5 Å². The summed E-state index contributed by atoms with van der Waals surface area (Å²) in [6.45, 7) is -0.341. The Morgan fingerprint density at radius 2 is 1.95 bits per heavy atom. The lowest BCUT2D eigenvalue weighted by Gasteiger charge is -2.14. The van der Waals surface area contributed by atoms with Crippen LogP contribution in [-0.2, 0) is 6.61 Å². The van der Waals surface area contributed by atoms with Gasteiger partial charge in [0.2, 0.25) is 5.88 Å². The molecule has 1 aromatic carbocycles. The topological polar surface area (TPSA) is 51.6 Å². The summed E-state index contributed by atoms with van der Waals surface area (Å²) in [4.78, 5) is 3.96. The number of pyridine rings is 1. The highest BCUT2D eigenvalue weighted by molar-refractivity contribution is 5.70. The molecule has 1 N–H and O–H groups in total. The van der Waals surface area contributed by atoms with Gasteiger partial charge in [0.05, 0.1) is 13.7 Å². The summed E-state index contributed by atoms with van der Waals surface area (Å²) in [6.07, 6.45) is -3.42. The second-order valence-corrected chi connectivity index (χ2v) is 4.09. The van der Waals surface area contributed by atoms with Gasteiger partial charge in [-0.25, -0.2) is 4.98 Å². The maximum atomic E-state index is 12.4. The third-order valence-corrected chi connectivity index (χ3v) is 2.71. The molecule has 0 aliphatic carbocycles. The zero-order valence-corrected chi connectivity index (χ0v) is 11.0. The van der Waals surface area contributed by atoms with Crippen LogP contribution in [0.4, 0.5) is 13.2 Å². The molecule has 0 atom stereocenters. The van der Waals surface area contributed by atoms with E-state index in [1.165, 1.54) is 37.6 Å². The number of aromatic nitrogens is 1. The van der Waals surface area contributed by atoms with Crippen LogP contribution in [-0.4, -0.2) is 23.6 Å². The van der Waals surface area contributed by atoms with E-state index >= 15 is 0 Å². The third kappa shape index (κ3) is 3.63. The average molecular weight is 299 g/mol. The maximum Gasteiger partial charge on any atom is 0.573 e. The van der Waals surface area contributed by atoms with E-state index in [-0.39, 0.29) is 23.8 Å². The highest BCUT2D eigenvalue weighted by Gasteiger charge is 2.32. The second kappa shape index (κ2) is 6.01. The van der Waals surface area contributed by atoms with Crippen molar-refractivity contribution < 1.29 is 27.8 Å². The molecule has 0 fully saturated rings. The minimum absolute atomic E-state index is 0.218. The van der Waals surface area contributed by atoms with Gasteiger partial charge in [0.1, 0.15) is 5.75 Å². The molecule has 1 heterocycles. The van der Waals surface area contributed by atoms with Crippen LogP contribution in [0.1, 0.15) is 5.56 Å². The lowest BCUT2D eigenvalue weighted by Crippen LogP contribution is -2.17. The molecule has 7 heteroatoms. The molecule has 2 rings (SSSR count). The number of alkyl halides is 3. The van der Waals surface area contributed by atoms with E-state index in [1.54, 1.807) is 6.07 Å². The van der Waals surface area contributed by atoms with Gasteiger partial charge in [0, 0.05) is 22.9 Å². The Labute approximate surface area is 118 Å². The van der Waals surface area contributed by atoms with Gasteiger partial charge >= 0.3 is 6.36 Å². The number of para-hydroxylation sites is 1. The number of benzene rings is 1. The van der Waals surface area contributed by atoms with Gasteiger partial charge in [0.25, 0.3) is 0 Å². The molecule has 2 aromatic rings. The summed E-state index contributed by atoms with van der Waals surface area (Å²) >= 11 is 0. The van der Waals surface area contributed by atoms with Crippen molar-refractivity contribution in [2.75, 3.05) is 7.11 Å². The SMILES string of the molecule is COc1ncc(-c2ccccc2OC(F)(F)F)cc1CO. The van der Waals surface area contributed by atoms with Gasteiger partial charge < -0.3 is 14.6 Å². The van der Waals surface area contributed by atoms with Crippen molar-refractivity contribution >= 4 is 0 Å². The summed E-state index contributed by atoms with van der Waals surface area (Å²) in [7, 11) is 1.39. The summed E-state index contributed by atoms with van der Waals surface area (Å²) in [5.41, 5.74) is 0.983. The highest BCUT2D eigenvalue weighted by atomic mass is 19.4. The zero-order valence-electron chi connectivity index (χ0n) is 11.0. The standard InChI is InChI=1S/C14H12F3NO3/c1-20-13-10(8-19)6-9(7-18-13)11-4-2-3-5-12(11)21-14(15,16)17/h2-7,19H,8H2,1H3. The highest BCUT2D eigenvalue weighted by Crippen LogP contribution is 2.34. The van der Waals surface area contributed by atoms with Gasteiger partial charge in [-0.3, -0.25) is 0 Å². The first kappa shape index (κ1) is 15.1. The molecule has 0 radical (unpaired) electrons. The molecule has 0 amide bonds. The number of aliphatic hydroxyl groups excluding tert-OH is 1. The third-order valence-electron chi connectivity index (χ3n) is 2.71. The van der Waals surface area contributed by atoms with Crippen molar-refractivity contribution in [3.63, 3.8) is 0 Å². The Bertz CT molecular complexity index is 629. The lowest BCUT2D eigenvalue weighted by atomic mass is 10.0. The zero-order chi connectivity index (χ0) is 15.5. The van der Waals surface area contributed by atoms with Crippen molar-refractivity contribution in [3.05, 3.63) is 42.1 Å². The van der Waals surface area contributed by atoms with Crippen molar-refractivity contribution in [3.8, 4) is 22.8 Å². The lowest BCUT2D eigenvalue weighted by molar-refractivity contribution is -0.274. The molecule has 0 saturated heterocycles. The van der Waals surface area contributed by atoms with Crippen molar-refractivity contribution in [1.29, 1.82) is 0 Å². The minimum atomic E-state index is -4.78. The molecule has 112 valence electrons. The van der Waals surface area contributed by atoms with Crippen LogP contribution < -0.4 is 9.47 Å². The molecule has 0 unspecified atom stereocenters. The van der Waals surface area contributed by atoms with Crippen molar-refractivity contribution in [2.45, 2.75) is 13.0 Å². The first-order chi connectivity index (χ1) is 9.94. The molecule has 1 aromatic heterocycles.